The zero-order chi connectivity index (χ0) is 12.5. The van der Waals surface area contributed by atoms with Crippen LogP contribution in [-0.4, -0.2) is 16.5 Å². The number of nitrogen functional groups attached to an aromatic ring is 1. The molecule has 98 valence electrons. The van der Waals surface area contributed by atoms with Crippen LogP contribution in [0.15, 0.2) is 6.07 Å². The monoisotopic (exact) mass is 246 g/mol. The number of fused-ring (bicyclic) bond motifs is 2. The van der Waals surface area contributed by atoms with Crippen LogP contribution in [0.25, 0.3) is 0 Å². The number of nitrogens with one attached hydrogen (secondary N) is 1. The molecule has 0 aliphatic heterocycles. The van der Waals surface area contributed by atoms with Gasteiger partial charge < -0.3 is 11.1 Å². The van der Waals surface area contributed by atoms with Crippen molar-refractivity contribution < 1.29 is 0 Å². The second-order valence-corrected chi connectivity index (χ2v) is 5.76. The smallest absolute Gasteiger partial charge is 0.132 e. The molecule has 2 saturated carbocycles. The van der Waals surface area contributed by atoms with E-state index in [1.54, 1.807) is 0 Å². The van der Waals surface area contributed by atoms with E-state index in [1.165, 1.54) is 25.7 Å². The number of rotatable bonds is 4. The van der Waals surface area contributed by atoms with Gasteiger partial charge in [0.2, 0.25) is 0 Å². The van der Waals surface area contributed by atoms with Crippen LogP contribution < -0.4 is 11.1 Å². The predicted octanol–water partition coefficient (Wildman–Crippen LogP) is 2.47. The lowest BCUT2D eigenvalue weighted by atomic mass is 9.89. The Morgan fingerprint density at radius 2 is 2.22 bits per heavy atom. The Morgan fingerprint density at radius 3 is 2.89 bits per heavy atom. The molecule has 0 radical (unpaired) electrons. The van der Waals surface area contributed by atoms with Crippen molar-refractivity contribution in [2.24, 2.45) is 17.8 Å². The van der Waals surface area contributed by atoms with Gasteiger partial charge in [0.25, 0.3) is 0 Å². The van der Waals surface area contributed by atoms with Crippen molar-refractivity contribution in [3.8, 4) is 0 Å². The van der Waals surface area contributed by atoms with E-state index in [2.05, 4.69) is 22.2 Å². The fourth-order valence-electron chi connectivity index (χ4n) is 3.63. The fourth-order valence-corrected chi connectivity index (χ4v) is 3.63. The normalized spacial score (nSPS) is 29.7. The summed E-state index contributed by atoms with van der Waals surface area (Å²) in [5.74, 6) is 5.07. The second kappa shape index (κ2) is 4.75. The van der Waals surface area contributed by atoms with E-state index >= 15 is 0 Å². The Bertz CT molecular complexity index is 432. The van der Waals surface area contributed by atoms with E-state index < -0.39 is 0 Å². The van der Waals surface area contributed by atoms with E-state index in [0.29, 0.717) is 5.82 Å². The number of anilines is 2. The van der Waals surface area contributed by atoms with E-state index in [1.807, 2.05) is 6.07 Å². The Hall–Kier alpha value is -1.32. The molecule has 2 bridgehead atoms. The molecule has 0 spiro atoms. The number of nitrogens with zero attached hydrogens (tertiary/aromatic N) is 2. The number of hydrogen-bond donors (Lipinski definition) is 2. The van der Waals surface area contributed by atoms with Crippen LogP contribution in [0.1, 0.15) is 38.4 Å². The molecule has 4 nitrogen and oxygen atoms in total. The highest BCUT2D eigenvalue weighted by molar-refractivity contribution is 5.44. The molecule has 2 fully saturated rings. The number of hydrogen-bond acceptors (Lipinski definition) is 4. The summed E-state index contributed by atoms with van der Waals surface area (Å²) in [6.07, 6.45) is 6.58. The first kappa shape index (κ1) is 11.8. The quantitative estimate of drug-likeness (QED) is 0.856. The van der Waals surface area contributed by atoms with Crippen molar-refractivity contribution >= 4 is 11.6 Å². The summed E-state index contributed by atoms with van der Waals surface area (Å²) in [7, 11) is 0. The van der Waals surface area contributed by atoms with Gasteiger partial charge in [0.05, 0.1) is 0 Å². The largest absolute Gasteiger partial charge is 0.384 e. The van der Waals surface area contributed by atoms with Gasteiger partial charge in [0.1, 0.15) is 17.5 Å². The van der Waals surface area contributed by atoms with Gasteiger partial charge in [-0.2, -0.15) is 0 Å². The van der Waals surface area contributed by atoms with Crippen molar-refractivity contribution in [1.29, 1.82) is 0 Å². The highest BCUT2D eigenvalue weighted by atomic mass is 15.0. The van der Waals surface area contributed by atoms with E-state index in [9.17, 15) is 0 Å². The van der Waals surface area contributed by atoms with Crippen molar-refractivity contribution in [3.63, 3.8) is 0 Å². The summed E-state index contributed by atoms with van der Waals surface area (Å²) in [6, 6.07) is 1.84. The third kappa shape index (κ3) is 2.28. The summed E-state index contributed by atoms with van der Waals surface area (Å²) in [5.41, 5.74) is 5.79. The zero-order valence-corrected chi connectivity index (χ0v) is 11.0. The summed E-state index contributed by atoms with van der Waals surface area (Å²) in [4.78, 5) is 8.67. The lowest BCUT2D eigenvalue weighted by molar-refractivity contribution is 0.348. The molecular formula is C14H22N4. The first-order valence-electron chi connectivity index (χ1n) is 7.12. The van der Waals surface area contributed by atoms with Gasteiger partial charge in [0, 0.05) is 19.0 Å². The molecule has 1 heterocycles. The zero-order valence-electron chi connectivity index (χ0n) is 11.0. The van der Waals surface area contributed by atoms with Gasteiger partial charge >= 0.3 is 0 Å². The van der Waals surface area contributed by atoms with Crippen LogP contribution in [0.4, 0.5) is 11.6 Å². The van der Waals surface area contributed by atoms with Gasteiger partial charge in [0.15, 0.2) is 0 Å². The Kier molecular flexibility index (Phi) is 3.10. The molecule has 18 heavy (non-hydrogen) atoms. The number of aryl methyl sites for hydroxylation is 1. The summed E-state index contributed by atoms with van der Waals surface area (Å²) >= 11 is 0. The Morgan fingerprint density at radius 1 is 1.33 bits per heavy atom. The Labute approximate surface area is 108 Å². The highest BCUT2D eigenvalue weighted by Crippen LogP contribution is 2.48. The molecule has 0 amide bonds. The lowest BCUT2D eigenvalue weighted by Gasteiger charge is -2.22. The average Bonchev–Trinajstić information content (AvgIpc) is 2.97. The van der Waals surface area contributed by atoms with Crippen LogP contribution in [0.3, 0.4) is 0 Å². The van der Waals surface area contributed by atoms with Crippen molar-refractivity contribution in [2.75, 3.05) is 17.6 Å². The minimum absolute atomic E-state index is 0.567. The molecule has 2 aliphatic rings. The first-order chi connectivity index (χ1) is 8.74. The number of nitrogens with two attached hydrogens (primary N) is 1. The SMILES string of the molecule is CCc1nc(N)cc(NCC2CC3CCC2C3)n1. The van der Waals surface area contributed by atoms with Crippen LogP contribution >= 0.6 is 0 Å². The maximum absolute atomic E-state index is 5.79. The fraction of sp³-hybridized carbons (Fsp3) is 0.714. The van der Waals surface area contributed by atoms with Crippen molar-refractivity contribution in [3.05, 3.63) is 11.9 Å². The van der Waals surface area contributed by atoms with Crippen molar-refractivity contribution in [2.45, 2.75) is 39.0 Å². The minimum Gasteiger partial charge on any atom is -0.384 e. The van der Waals surface area contributed by atoms with Crippen LogP contribution in [0.5, 0.6) is 0 Å². The predicted molar refractivity (Wildman–Crippen MR) is 73.3 cm³/mol. The van der Waals surface area contributed by atoms with Crippen molar-refractivity contribution in [1.82, 2.24) is 9.97 Å². The molecule has 0 saturated heterocycles. The molecule has 1 aromatic heterocycles. The van der Waals surface area contributed by atoms with Gasteiger partial charge in [-0.25, -0.2) is 9.97 Å². The second-order valence-electron chi connectivity index (χ2n) is 5.76. The minimum atomic E-state index is 0.567. The van der Waals surface area contributed by atoms with Crippen LogP contribution in [0, 0.1) is 17.8 Å². The molecule has 0 aromatic carbocycles. The summed E-state index contributed by atoms with van der Waals surface area (Å²) < 4.78 is 0. The molecule has 3 atom stereocenters. The van der Waals surface area contributed by atoms with E-state index in [-0.39, 0.29) is 0 Å². The first-order valence-corrected chi connectivity index (χ1v) is 7.12. The lowest BCUT2D eigenvalue weighted by Crippen LogP contribution is -2.20. The molecule has 3 unspecified atom stereocenters. The standard InChI is InChI=1S/C14H22N4/c1-2-13-17-12(15)7-14(18-13)16-8-11-6-9-3-4-10(11)5-9/h7,9-11H,2-6,8H2,1H3,(H3,15,16,17,18). The molecule has 3 rings (SSSR count). The maximum Gasteiger partial charge on any atom is 0.132 e. The van der Waals surface area contributed by atoms with Crippen LogP contribution in [-0.2, 0) is 6.42 Å². The van der Waals surface area contributed by atoms with Gasteiger partial charge in [-0.15, -0.1) is 0 Å². The van der Waals surface area contributed by atoms with Gasteiger partial charge in [-0.1, -0.05) is 13.3 Å². The summed E-state index contributed by atoms with van der Waals surface area (Å²) in [6.45, 7) is 3.09. The third-order valence-electron chi connectivity index (χ3n) is 4.54. The van der Waals surface area contributed by atoms with E-state index in [0.717, 1.165) is 42.4 Å². The number of aromatic nitrogens is 2. The third-order valence-corrected chi connectivity index (χ3v) is 4.54. The van der Waals surface area contributed by atoms with Crippen LogP contribution in [0.2, 0.25) is 0 Å². The molecule has 1 aromatic rings. The molecule has 4 heteroatoms. The van der Waals surface area contributed by atoms with Gasteiger partial charge in [-0.05, 0) is 37.0 Å². The summed E-state index contributed by atoms with van der Waals surface area (Å²) in [5, 5.41) is 3.46. The van der Waals surface area contributed by atoms with Gasteiger partial charge in [-0.3, -0.25) is 0 Å². The molecule has 2 aliphatic carbocycles. The molecular weight excluding hydrogens is 224 g/mol. The maximum atomic E-state index is 5.79. The molecule has 3 N–H and O–H groups in total. The average molecular weight is 246 g/mol. The van der Waals surface area contributed by atoms with E-state index in [4.69, 9.17) is 5.73 Å². The Balaban J connectivity index is 1.61. The highest BCUT2D eigenvalue weighted by Gasteiger charge is 2.39. The topological polar surface area (TPSA) is 63.8 Å².